The number of esters is 2. The van der Waals surface area contributed by atoms with E-state index in [1.165, 1.54) is 24.3 Å². The molecule has 0 saturated heterocycles. The topological polar surface area (TPSA) is 152 Å². The molecule has 0 spiro atoms. The molecule has 1 aliphatic rings. The van der Waals surface area contributed by atoms with E-state index in [4.69, 9.17) is 25.8 Å². The first-order valence-corrected chi connectivity index (χ1v) is 18.8. The molecule has 2 aromatic rings. The number of ether oxygens (including phenoxy) is 3. The maximum Gasteiger partial charge on any atom is 0.415 e. The lowest BCUT2D eigenvalue weighted by molar-refractivity contribution is -0.832. The van der Waals surface area contributed by atoms with Crippen molar-refractivity contribution >= 4 is 33.4 Å². The molecule has 1 fully saturated rings. The van der Waals surface area contributed by atoms with E-state index in [9.17, 15) is 23.2 Å². The average molecular weight is 746 g/mol. The average Bonchev–Trinajstić information content (AvgIpc) is 3.49. The van der Waals surface area contributed by atoms with Gasteiger partial charge in [-0.3, -0.25) is 19.1 Å². The molecule has 1 aromatic carbocycles. The number of hydrogen-bond acceptors (Lipinski definition) is 11. The van der Waals surface area contributed by atoms with Crippen LogP contribution < -0.4 is 9.64 Å². The number of rotatable bonds is 19. The van der Waals surface area contributed by atoms with E-state index in [1.807, 2.05) is 6.08 Å². The van der Waals surface area contributed by atoms with Crippen LogP contribution in [0.15, 0.2) is 81.8 Å². The molecule has 3 rings (SSSR count). The van der Waals surface area contributed by atoms with Crippen LogP contribution in [0.3, 0.4) is 0 Å². The van der Waals surface area contributed by atoms with Crippen molar-refractivity contribution in [1.29, 1.82) is 0 Å². The minimum absolute atomic E-state index is 0.00219. The highest BCUT2D eigenvalue weighted by atomic mass is 35.5. The van der Waals surface area contributed by atoms with E-state index in [0.29, 0.717) is 24.9 Å². The smallest absolute Gasteiger partial charge is 0.415 e. The minimum atomic E-state index is -4.25. The third-order valence-electron chi connectivity index (χ3n) is 9.16. The molecule has 51 heavy (non-hydrogen) atoms. The Morgan fingerprint density at radius 2 is 1.82 bits per heavy atom. The molecule has 1 aromatic heterocycles. The zero-order valence-corrected chi connectivity index (χ0v) is 31.2. The molecule has 3 atom stereocenters. The number of aromatic nitrogens is 2. The summed E-state index contributed by atoms with van der Waals surface area (Å²) in [5.41, 5.74) is 2.16. The molecule has 0 bridgehead atoms. The Balaban J connectivity index is 1.33. The van der Waals surface area contributed by atoms with Gasteiger partial charge in [0.2, 0.25) is 0 Å². The number of alkyl halides is 1. The maximum absolute atomic E-state index is 12.8. The van der Waals surface area contributed by atoms with Gasteiger partial charge in [-0.05, 0) is 73.8 Å². The lowest BCUT2D eigenvalue weighted by Gasteiger charge is -2.44. The molecule has 0 amide bonds. The molecular formula is C37H48ClN3O9S. The van der Waals surface area contributed by atoms with E-state index in [2.05, 4.69) is 67.0 Å². The Labute approximate surface area is 305 Å². The second-order valence-corrected chi connectivity index (χ2v) is 15.1. The molecule has 0 radical (unpaired) electrons. The Morgan fingerprint density at radius 1 is 1.16 bits per heavy atom. The van der Waals surface area contributed by atoms with Gasteiger partial charge >= 0.3 is 22.8 Å². The Kier molecular flexibility index (Phi) is 15.8. The summed E-state index contributed by atoms with van der Waals surface area (Å²) in [7, 11) is -4.25. The standard InChI is InChI=1S/C37H48ClN3O9S/c1-7-37(6)19-18-30(24-32(37)28(4)25-38)29(5)26-40(27(2)3)20-23-48-34(43)17-13-16-33(42)47-21-11-12-22-49-35-36(41(44)50-39-35)51(45,46)31-14-9-8-10-15-31/h7-10,14-15,27,30,32H,1,4-5,13,16-26H2,2-3,6H3/t30-,32+,37-/m1/s1. The SMILES string of the molecule is C=C[C@]1(C)CC[C@@H](C(=C)CN(CCOC(=O)CCCC(=O)OCC#CCOc2no[n+]([O-])c2S(=O)(=O)c2ccccc2)C(C)C)C[C@H]1C(=C)CCl. The van der Waals surface area contributed by atoms with E-state index in [0.717, 1.165) is 30.4 Å². The summed E-state index contributed by atoms with van der Waals surface area (Å²) in [6, 6.07) is 7.49. The molecule has 1 aliphatic carbocycles. The Morgan fingerprint density at radius 3 is 2.47 bits per heavy atom. The quantitative estimate of drug-likeness (QED) is 0.0594. The van der Waals surface area contributed by atoms with Crippen molar-refractivity contribution in [3.8, 4) is 17.7 Å². The second-order valence-electron chi connectivity index (χ2n) is 13.0. The lowest BCUT2D eigenvalue weighted by Crippen LogP contribution is -2.39. The Hall–Kier alpha value is -4.12. The summed E-state index contributed by atoms with van der Waals surface area (Å²) in [4.78, 5) is 26.3. The third kappa shape index (κ3) is 11.7. The fraction of sp³-hybridized carbons (Fsp3) is 0.514. The van der Waals surface area contributed by atoms with Crippen LogP contribution in [0.25, 0.3) is 0 Å². The van der Waals surface area contributed by atoms with E-state index in [-0.39, 0.29) is 66.3 Å². The number of sulfone groups is 1. The van der Waals surface area contributed by atoms with Gasteiger partial charge in [0.15, 0.2) is 13.2 Å². The summed E-state index contributed by atoms with van der Waals surface area (Å²) >= 11 is 6.17. The monoisotopic (exact) mass is 745 g/mol. The summed E-state index contributed by atoms with van der Waals surface area (Å²) in [6.45, 7) is 20.0. The highest BCUT2D eigenvalue weighted by Crippen LogP contribution is 2.49. The molecule has 0 aliphatic heterocycles. The van der Waals surface area contributed by atoms with Crippen LogP contribution in [0.1, 0.15) is 59.3 Å². The predicted molar refractivity (Wildman–Crippen MR) is 191 cm³/mol. The number of allylic oxidation sites excluding steroid dienone is 2. The van der Waals surface area contributed by atoms with Crippen LogP contribution in [0.4, 0.5) is 0 Å². The van der Waals surface area contributed by atoms with Gasteiger partial charge in [0.25, 0.3) is 9.84 Å². The number of hydrogen-bond donors (Lipinski definition) is 0. The highest BCUT2D eigenvalue weighted by molar-refractivity contribution is 7.91. The van der Waals surface area contributed by atoms with Crippen molar-refractivity contribution in [2.75, 3.05) is 38.8 Å². The van der Waals surface area contributed by atoms with Crippen molar-refractivity contribution in [2.24, 2.45) is 17.3 Å². The Bertz CT molecular complexity index is 1700. The van der Waals surface area contributed by atoms with Crippen LogP contribution in [-0.4, -0.2) is 75.2 Å². The molecule has 12 nitrogen and oxygen atoms in total. The number of halogens is 1. The van der Waals surface area contributed by atoms with Crippen LogP contribution in [0.5, 0.6) is 5.88 Å². The van der Waals surface area contributed by atoms with E-state index in [1.54, 1.807) is 6.07 Å². The largest absolute Gasteiger partial charge is 0.464 e. The van der Waals surface area contributed by atoms with Crippen LogP contribution >= 0.6 is 11.6 Å². The molecule has 1 heterocycles. The summed E-state index contributed by atoms with van der Waals surface area (Å²) in [5, 5.41) is 14.5. The van der Waals surface area contributed by atoms with Gasteiger partial charge in [0.05, 0.1) is 10.1 Å². The first-order chi connectivity index (χ1) is 24.2. The number of carbonyl (C=O) groups excluding carboxylic acids is 2. The summed E-state index contributed by atoms with van der Waals surface area (Å²) in [6.07, 6.45) is 5.31. The van der Waals surface area contributed by atoms with Crippen LogP contribution in [0, 0.1) is 34.3 Å². The molecule has 0 unspecified atom stereocenters. The van der Waals surface area contributed by atoms with Gasteiger partial charge in [0, 0.05) is 37.9 Å². The molecular weight excluding hydrogens is 698 g/mol. The normalized spacial score (nSPS) is 18.8. The number of carbonyl (C=O) groups is 2. The van der Waals surface area contributed by atoms with Crippen molar-refractivity contribution in [1.82, 2.24) is 10.1 Å². The van der Waals surface area contributed by atoms with Gasteiger partial charge in [0.1, 0.15) is 6.61 Å². The molecule has 0 N–H and O–H groups in total. The first-order valence-electron chi connectivity index (χ1n) is 16.8. The highest BCUT2D eigenvalue weighted by Gasteiger charge is 2.40. The van der Waals surface area contributed by atoms with Gasteiger partial charge in [-0.1, -0.05) is 67.3 Å². The molecule has 1 saturated carbocycles. The van der Waals surface area contributed by atoms with Crippen molar-refractivity contribution in [3.05, 3.63) is 72.5 Å². The number of benzene rings is 1. The van der Waals surface area contributed by atoms with Crippen LogP contribution in [0.2, 0.25) is 0 Å². The lowest BCUT2D eigenvalue weighted by atomic mass is 9.61. The number of nitrogens with zero attached hydrogens (tertiary/aromatic N) is 3. The van der Waals surface area contributed by atoms with Crippen molar-refractivity contribution < 1.29 is 41.7 Å². The minimum Gasteiger partial charge on any atom is -0.464 e. The summed E-state index contributed by atoms with van der Waals surface area (Å²) < 4.78 is 45.7. The maximum atomic E-state index is 12.8. The molecule has 278 valence electrons. The zero-order chi connectivity index (χ0) is 37.6. The van der Waals surface area contributed by atoms with E-state index >= 15 is 0 Å². The summed E-state index contributed by atoms with van der Waals surface area (Å²) in [5.74, 6) is 4.63. The first kappa shape index (κ1) is 41.3. The van der Waals surface area contributed by atoms with Gasteiger partial charge in [-0.25, -0.2) is 8.42 Å². The van der Waals surface area contributed by atoms with Gasteiger partial charge in [-0.2, -0.15) is 0 Å². The fourth-order valence-electron chi connectivity index (χ4n) is 5.94. The van der Waals surface area contributed by atoms with Gasteiger partial charge < -0.3 is 19.4 Å². The zero-order valence-electron chi connectivity index (χ0n) is 29.6. The fourth-order valence-corrected chi connectivity index (χ4v) is 7.42. The van der Waals surface area contributed by atoms with E-state index < -0.39 is 32.7 Å². The van der Waals surface area contributed by atoms with Crippen molar-refractivity contribution in [3.63, 3.8) is 0 Å². The second kappa shape index (κ2) is 19.5. The van der Waals surface area contributed by atoms with Crippen molar-refractivity contribution in [2.45, 2.75) is 75.3 Å². The predicted octanol–water partition coefficient (Wildman–Crippen LogP) is 5.45. The third-order valence-corrected chi connectivity index (χ3v) is 11.2. The molecule has 14 heteroatoms. The van der Waals surface area contributed by atoms with Crippen LogP contribution in [-0.2, 0) is 28.9 Å². The van der Waals surface area contributed by atoms with Gasteiger partial charge in [-0.15, -0.1) is 18.2 Å².